The molecule has 0 aliphatic carbocycles. The van der Waals surface area contributed by atoms with Crippen LogP contribution in [-0.4, -0.2) is 74.9 Å². The van der Waals surface area contributed by atoms with E-state index in [0.29, 0.717) is 56.2 Å². The first kappa shape index (κ1) is 24.9. The summed E-state index contributed by atoms with van der Waals surface area (Å²) in [6.45, 7) is 6.96. The lowest BCUT2D eigenvalue weighted by atomic mass is 9.94. The summed E-state index contributed by atoms with van der Waals surface area (Å²) in [5.74, 6) is 1.15. The molecule has 2 fully saturated rings. The first-order valence-corrected chi connectivity index (χ1v) is 13.3. The second-order valence-electron chi connectivity index (χ2n) is 9.40. The second kappa shape index (κ2) is 10.2. The lowest BCUT2D eigenvalue weighted by Gasteiger charge is -2.36. The number of sulfonamides is 1. The molecule has 4 rings (SSSR count). The molecule has 1 amide bonds. The molecule has 2 aromatic rings. The highest BCUT2D eigenvalue weighted by Crippen LogP contribution is 2.32. The van der Waals surface area contributed by atoms with Gasteiger partial charge in [0.2, 0.25) is 10.0 Å². The van der Waals surface area contributed by atoms with E-state index in [2.05, 4.69) is 24.9 Å². The summed E-state index contributed by atoms with van der Waals surface area (Å²) in [4.78, 5) is 21.4. The first-order chi connectivity index (χ1) is 16.7. The highest BCUT2D eigenvalue weighted by atomic mass is 32.2. The Morgan fingerprint density at radius 2 is 1.80 bits per heavy atom. The van der Waals surface area contributed by atoms with Gasteiger partial charge in [0.15, 0.2) is 0 Å². The fourth-order valence-corrected chi connectivity index (χ4v) is 6.85. The van der Waals surface area contributed by atoms with Crippen LogP contribution in [0.25, 0.3) is 0 Å². The van der Waals surface area contributed by atoms with Gasteiger partial charge in [-0.25, -0.2) is 13.4 Å². The number of piperidine rings is 1. The largest absolute Gasteiger partial charge is 0.495 e. The number of benzene rings is 1. The third-order valence-electron chi connectivity index (χ3n) is 6.64. The van der Waals surface area contributed by atoms with Gasteiger partial charge in [0.1, 0.15) is 22.5 Å². The molecule has 10 heteroatoms. The van der Waals surface area contributed by atoms with Crippen molar-refractivity contribution >= 4 is 21.7 Å². The van der Waals surface area contributed by atoms with E-state index in [1.165, 1.54) is 17.5 Å². The summed E-state index contributed by atoms with van der Waals surface area (Å²) in [6.07, 6.45) is 2.64. The molecular weight excluding hydrogens is 466 g/mol. The molecule has 35 heavy (non-hydrogen) atoms. The number of pyridine rings is 1. The van der Waals surface area contributed by atoms with Gasteiger partial charge in [0.05, 0.1) is 12.7 Å². The number of carbonyl (C=O) groups excluding carboxylic acids is 1. The maximum atomic E-state index is 13.6. The summed E-state index contributed by atoms with van der Waals surface area (Å²) >= 11 is 0. The molecule has 2 saturated heterocycles. The van der Waals surface area contributed by atoms with Crippen molar-refractivity contribution in [2.24, 2.45) is 11.8 Å². The number of aromatic nitrogens is 1. The van der Waals surface area contributed by atoms with E-state index in [9.17, 15) is 18.5 Å². The highest BCUT2D eigenvalue weighted by Gasteiger charge is 2.34. The van der Waals surface area contributed by atoms with Gasteiger partial charge in [-0.05, 0) is 48.6 Å². The lowest BCUT2D eigenvalue weighted by molar-refractivity contribution is 0.0746. The van der Waals surface area contributed by atoms with Crippen molar-refractivity contribution in [2.45, 2.75) is 25.2 Å². The number of hydrogen-bond donors (Lipinski definition) is 0. The van der Waals surface area contributed by atoms with Crippen molar-refractivity contribution in [1.29, 1.82) is 5.26 Å². The molecule has 2 aliphatic rings. The number of rotatable bonds is 5. The van der Waals surface area contributed by atoms with E-state index in [0.717, 1.165) is 6.42 Å². The Morgan fingerprint density at radius 3 is 2.43 bits per heavy atom. The van der Waals surface area contributed by atoms with Gasteiger partial charge in [-0.2, -0.15) is 9.57 Å². The number of methoxy groups -OCH3 is 1. The summed E-state index contributed by atoms with van der Waals surface area (Å²) in [7, 11) is -2.39. The minimum absolute atomic E-state index is 0.0259. The molecule has 1 aromatic heterocycles. The molecule has 2 atom stereocenters. The maximum Gasteiger partial charge on any atom is 0.254 e. The molecule has 3 heterocycles. The highest BCUT2D eigenvalue weighted by molar-refractivity contribution is 7.89. The molecule has 0 spiro atoms. The van der Waals surface area contributed by atoms with E-state index in [1.807, 2.05) is 4.90 Å². The smallest absolute Gasteiger partial charge is 0.254 e. The predicted octanol–water partition coefficient (Wildman–Crippen LogP) is 2.59. The normalized spacial score (nSPS) is 21.4. The zero-order valence-electron chi connectivity index (χ0n) is 20.3. The molecule has 9 nitrogen and oxygen atoms in total. The van der Waals surface area contributed by atoms with Gasteiger partial charge in [0.25, 0.3) is 5.91 Å². The SMILES string of the molecule is COc1ccc(C(=O)N2CCN(c3ncccc3C#N)CC2)cc1S(=O)(=O)N1CC(C)CC(C)C1. The van der Waals surface area contributed by atoms with Crippen LogP contribution in [0, 0.1) is 23.2 Å². The zero-order valence-corrected chi connectivity index (χ0v) is 21.2. The quantitative estimate of drug-likeness (QED) is 0.625. The summed E-state index contributed by atoms with van der Waals surface area (Å²) in [6, 6.07) is 10.2. The van der Waals surface area contributed by atoms with Crippen molar-refractivity contribution in [3.63, 3.8) is 0 Å². The third kappa shape index (κ3) is 5.11. The molecular formula is C25H31N5O4S. The predicted molar refractivity (Wildman–Crippen MR) is 132 cm³/mol. The van der Waals surface area contributed by atoms with Crippen molar-refractivity contribution in [1.82, 2.24) is 14.2 Å². The van der Waals surface area contributed by atoms with Crippen LogP contribution in [-0.2, 0) is 10.0 Å². The van der Waals surface area contributed by atoms with Crippen molar-refractivity contribution in [3.8, 4) is 11.8 Å². The number of nitriles is 1. The standard InChI is InChI=1S/C25H31N5O4S/c1-18-13-19(2)17-30(16-18)35(32,33)23-14-20(6-7-22(23)34-3)25(31)29-11-9-28(10-12-29)24-21(15-26)5-4-8-27-24/h4-8,14,18-19H,9-13,16-17H2,1-3H3. The van der Waals surface area contributed by atoms with Gasteiger partial charge in [0, 0.05) is 51.0 Å². The average molecular weight is 498 g/mol. The van der Waals surface area contributed by atoms with E-state index in [4.69, 9.17) is 4.74 Å². The van der Waals surface area contributed by atoms with E-state index < -0.39 is 10.0 Å². The van der Waals surface area contributed by atoms with Crippen LogP contribution in [0.4, 0.5) is 5.82 Å². The molecule has 0 saturated carbocycles. The fraction of sp³-hybridized carbons (Fsp3) is 0.480. The minimum Gasteiger partial charge on any atom is -0.495 e. The Balaban J connectivity index is 1.54. The Morgan fingerprint density at radius 1 is 1.11 bits per heavy atom. The molecule has 0 radical (unpaired) electrons. The van der Waals surface area contributed by atoms with Gasteiger partial charge in [-0.15, -0.1) is 0 Å². The average Bonchev–Trinajstić information content (AvgIpc) is 2.87. The number of hydrogen-bond acceptors (Lipinski definition) is 7. The van der Waals surface area contributed by atoms with Crippen LogP contribution in [0.15, 0.2) is 41.4 Å². The number of piperazine rings is 1. The second-order valence-corrected chi connectivity index (χ2v) is 11.3. The van der Waals surface area contributed by atoms with Crippen molar-refractivity contribution < 1.29 is 17.9 Å². The number of anilines is 1. The Bertz CT molecular complexity index is 1220. The number of ether oxygens (including phenoxy) is 1. The van der Waals surface area contributed by atoms with Crippen LogP contribution >= 0.6 is 0 Å². The van der Waals surface area contributed by atoms with E-state index >= 15 is 0 Å². The van der Waals surface area contributed by atoms with Gasteiger partial charge >= 0.3 is 0 Å². The van der Waals surface area contributed by atoms with Gasteiger partial charge < -0.3 is 14.5 Å². The Hall–Kier alpha value is -3.16. The summed E-state index contributed by atoms with van der Waals surface area (Å²) in [5.41, 5.74) is 0.810. The first-order valence-electron chi connectivity index (χ1n) is 11.8. The Kier molecular flexibility index (Phi) is 7.28. The summed E-state index contributed by atoms with van der Waals surface area (Å²) in [5, 5.41) is 9.35. The minimum atomic E-state index is -3.82. The topological polar surface area (TPSA) is 107 Å². The van der Waals surface area contributed by atoms with Gasteiger partial charge in [-0.3, -0.25) is 4.79 Å². The van der Waals surface area contributed by atoms with Crippen LogP contribution < -0.4 is 9.64 Å². The molecule has 186 valence electrons. The van der Waals surface area contributed by atoms with Gasteiger partial charge in [-0.1, -0.05) is 13.8 Å². The molecule has 2 aliphatic heterocycles. The maximum absolute atomic E-state index is 13.6. The monoisotopic (exact) mass is 497 g/mol. The Labute approximate surface area is 207 Å². The van der Waals surface area contributed by atoms with Crippen LogP contribution in [0.5, 0.6) is 5.75 Å². The molecule has 0 bridgehead atoms. The summed E-state index contributed by atoms with van der Waals surface area (Å²) < 4.78 is 34.0. The number of nitrogens with zero attached hydrogens (tertiary/aromatic N) is 5. The van der Waals surface area contributed by atoms with E-state index in [1.54, 1.807) is 35.4 Å². The van der Waals surface area contributed by atoms with Crippen LogP contribution in [0.3, 0.4) is 0 Å². The molecule has 2 unspecified atom stereocenters. The molecule has 1 aromatic carbocycles. The van der Waals surface area contributed by atoms with Crippen molar-refractivity contribution in [3.05, 3.63) is 47.7 Å². The lowest BCUT2D eigenvalue weighted by Crippen LogP contribution is -2.49. The van der Waals surface area contributed by atoms with Crippen LogP contribution in [0.1, 0.15) is 36.2 Å². The van der Waals surface area contributed by atoms with Crippen molar-refractivity contribution in [2.75, 3.05) is 51.3 Å². The number of amides is 1. The molecule has 0 N–H and O–H groups in total. The number of carbonyl (C=O) groups is 1. The van der Waals surface area contributed by atoms with E-state index in [-0.39, 0.29) is 28.4 Å². The fourth-order valence-electron chi connectivity index (χ4n) is 4.99. The zero-order chi connectivity index (χ0) is 25.2. The third-order valence-corrected chi connectivity index (χ3v) is 8.49. The van der Waals surface area contributed by atoms with Crippen LogP contribution in [0.2, 0.25) is 0 Å².